The van der Waals surface area contributed by atoms with E-state index in [9.17, 15) is 5.11 Å². The highest BCUT2D eigenvalue weighted by Crippen LogP contribution is 2.40. The molecular formula is C11H15NO. The van der Waals surface area contributed by atoms with Gasteiger partial charge in [-0.25, -0.2) is 0 Å². The molecule has 0 radical (unpaired) electrons. The van der Waals surface area contributed by atoms with E-state index in [4.69, 9.17) is 5.73 Å². The highest BCUT2D eigenvalue weighted by Gasteiger charge is 2.23. The van der Waals surface area contributed by atoms with E-state index in [1.807, 2.05) is 12.1 Å². The molecule has 1 atom stereocenters. The van der Waals surface area contributed by atoms with E-state index in [1.165, 1.54) is 18.4 Å². The number of aliphatic hydroxyl groups excluding tert-OH is 1. The minimum atomic E-state index is -0.506. The maximum atomic E-state index is 9.45. The predicted octanol–water partition coefficient (Wildman–Crippen LogP) is 1.56. The first kappa shape index (κ1) is 8.73. The van der Waals surface area contributed by atoms with Crippen LogP contribution in [0.5, 0.6) is 0 Å². The van der Waals surface area contributed by atoms with Crippen molar-refractivity contribution in [3.63, 3.8) is 0 Å². The van der Waals surface area contributed by atoms with E-state index in [0.29, 0.717) is 6.54 Å². The quantitative estimate of drug-likeness (QED) is 0.736. The van der Waals surface area contributed by atoms with Crippen LogP contribution in [0.4, 0.5) is 0 Å². The molecule has 0 heterocycles. The monoisotopic (exact) mass is 177 g/mol. The molecule has 1 aliphatic rings. The van der Waals surface area contributed by atoms with E-state index in [1.54, 1.807) is 0 Å². The lowest BCUT2D eigenvalue weighted by Crippen LogP contribution is -2.11. The van der Waals surface area contributed by atoms with Gasteiger partial charge < -0.3 is 10.8 Å². The zero-order chi connectivity index (χ0) is 9.26. The van der Waals surface area contributed by atoms with Crippen LogP contribution < -0.4 is 5.73 Å². The van der Waals surface area contributed by atoms with Crippen LogP contribution in [0.15, 0.2) is 24.3 Å². The number of hydrogen-bond acceptors (Lipinski definition) is 2. The summed E-state index contributed by atoms with van der Waals surface area (Å²) in [5, 5.41) is 9.45. The zero-order valence-electron chi connectivity index (χ0n) is 7.61. The predicted molar refractivity (Wildman–Crippen MR) is 52.4 cm³/mol. The van der Waals surface area contributed by atoms with Gasteiger partial charge in [0.2, 0.25) is 0 Å². The lowest BCUT2D eigenvalue weighted by molar-refractivity contribution is 0.186. The van der Waals surface area contributed by atoms with Crippen molar-refractivity contribution in [2.75, 3.05) is 6.54 Å². The zero-order valence-corrected chi connectivity index (χ0v) is 7.61. The fourth-order valence-corrected chi connectivity index (χ4v) is 1.54. The van der Waals surface area contributed by atoms with Gasteiger partial charge in [-0.1, -0.05) is 24.3 Å². The maximum absolute atomic E-state index is 9.45. The summed E-state index contributed by atoms with van der Waals surface area (Å²) in [5.41, 5.74) is 7.68. The summed E-state index contributed by atoms with van der Waals surface area (Å²) < 4.78 is 0. The van der Waals surface area contributed by atoms with Gasteiger partial charge in [-0.3, -0.25) is 0 Å². The number of rotatable bonds is 3. The number of aliphatic hydroxyl groups is 1. The Bertz CT molecular complexity index is 277. The van der Waals surface area contributed by atoms with Crippen molar-refractivity contribution in [2.45, 2.75) is 24.9 Å². The van der Waals surface area contributed by atoms with E-state index < -0.39 is 6.10 Å². The molecule has 0 unspecified atom stereocenters. The van der Waals surface area contributed by atoms with Gasteiger partial charge in [0, 0.05) is 6.54 Å². The molecule has 70 valence electrons. The summed E-state index contributed by atoms with van der Waals surface area (Å²) in [6, 6.07) is 8.16. The molecular weight excluding hydrogens is 162 g/mol. The molecule has 0 aromatic heterocycles. The Labute approximate surface area is 78.4 Å². The summed E-state index contributed by atoms with van der Waals surface area (Å²) >= 11 is 0. The second-order valence-electron chi connectivity index (χ2n) is 3.69. The van der Waals surface area contributed by atoms with Crippen molar-refractivity contribution in [3.05, 3.63) is 35.4 Å². The summed E-state index contributed by atoms with van der Waals surface area (Å²) in [4.78, 5) is 0. The normalized spacial score (nSPS) is 18.6. The van der Waals surface area contributed by atoms with Gasteiger partial charge in [0.25, 0.3) is 0 Å². The standard InChI is InChI=1S/C11H15NO/c12-7-11(13)10-5-3-9(4-6-10)8-1-2-8/h3-6,8,11,13H,1-2,7,12H2/t11-/m0/s1. The van der Waals surface area contributed by atoms with Crippen molar-refractivity contribution < 1.29 is 5.11 Å². The molecule has 2 nitrogen and oxygen atoms in total. The first-order valence-electron chi connectivity index (χ1n) is 4.79. The highest BCUT2D eigenvalue weighted by molar-refractivity contribution is 5.29. The smallest absolute Gasteiger partial charge is 0.0912 e. The van der Waals surface area contributed by atoms with Crippen LogP contribution in [0.3, 0.4) is 0 Å². The van der Waals surface area contributed by atoms with Crippen LogP contribution in [0.1, 0.15) is 36.0 Å². The topological polar surface area (TPSA) is 46.2 Å². The molecule has 0 bridgehead atoms. The molecule has 1 aromatic carbocycles. The van der Waals surface area contributed by atoms with E-state index in [-0.39, 0.29) is 0 Å². The molecule has 1 saturated carbocycles. The van der Waals surface area contributed by atoms with Crippen LogP contribution in [0.25, 0.3) is 0 Å². The van der Waals surface area contributed by atoms with Crippen LogP contribution in [0.2, 0.25) is 0 Å². The number of nitrogens with two attached hydrogens (primary N) is 1. The Balaban J connectivity index is 2.12. The van der Waals surface area contributed by atoms with Gasteiger partial charge in [0.05, 0.1) is 6.10 Å². The SMILES string of the molecule is NC[C@H](O)c1ccc(C2CC2)cc1. The average molecular weight is 177 g/mol. The van der Waals surface area contributed by atoms with Crippen LogP contribution >= 0.6 is 0 Å². The Kier molecular flexibility index (Phi) is 2.34. The van der Waals surface area contributed by atoms with Crippen LogP contribution in [-0.2, 0) is 0 Å². The Hall–Kier alpha value is -0.860. The third kappa shape index (κ3) is 1.90. The first-order valence-corrected chi connectivity index (χ1v) is 4.79. The van der Waals surface area contributed by atoms with E-state index in [0.717, 1.165) is 11.5 Å². The van der Waals surface area contributed by atoms with E-state index >= 15 is 0 Å². The lowest BCUT2D eigenvalue weighted by atomic mass is 10.0. The van der Waals surface area contributed by atoms with Crippen molar-refractivity contribution in [2.24, 2.45) is 5.73 Å². The fourth-order valence-electron chi connectivity index (χ4n) is 1.54. The summed E-state index contributed by atoms with van der Waals surface area (Å²) in [7, 11) is 0. The second kappa shape index (κ2) is 3.48. The summed E-state index contributed by atoms with van der Waals surface area (Å²) in [6.07, 6.45) is 2.13. The van der Waals surface area contributed by atoms with Crippen molar-refractivity contribution in [3.8, 4) is 0 Å². The molecule has 13 heavy (non-hydrogen) atoms. The molecule has 0 aliphatic heterocycles. The van der Waals surface area contributed by atoms with Gasteiger partial charge in [-0.2, -0.15) is 0 Å². The van der Waals surface area contributed by atoms with Crippen LogP contribution in [0, 0.1) is 0 Å². The summed E-state index contributed by atoms with van der Waals surface area (Å²) in [5.74, 6) is 0.782. The summed E-state index contributed by atoms with van der Waals surface area (Å²) in [6.45, 7) is 0.294. The molecule has 2 rings (SSSR count). The first-order chi connectivity index (χ1) is 6.31. The average Bonchev–Trinajstić information content (AvgIpc) is 3.00. The minimum absolute atomic E-state index is 0.294. The second-order valence-corrected chi connectivity index (χ2v) is 3.69. The van der Waals surface area contributed by atoms with Gasteiger partial charge in [0.15, 0.2) is 0 Å². The van der Waals surface area contributed by atoms with Gasteiger partial charge in [-0.05, 0) is 29.9 Å². The van der Waals surface area contributed by atoms with Gasteiger partial charge in [-0.15, -0.1) is 0 Å². The van der Waals surface area contributed by atoms with Crippen LogP contribution in [-0.4, -0.2) is 11.7 Å². The maximum Gasteiger partial charge on any atom is 0.0912 e. The number of benzene rings is 1. The third-order valence-electron chi connectivity index (χ3n) is 2.59. The molecule has 0 spiro atoms. The Morgan fingerprint density at radius 3 is 2.38 bits per heavy atom. The molecule has 3 N–H and O–H groups in total. The molecule has 1 aliphatic carbocycles. The van der Waals surface area contributed by atoms with Crippen molar-refractivity contribution in [1.29, 1.82) is 0 Å². The molecule has 1 aromatic rings. The van der Waals surface area contributed by atoms with E-state index in [2.05, 4.69) is 12.1 Å². The highest BCUT2D eigenvalue weighted by atomic mass is 16.3. The Morgan fingerprint density at radius 1 is 1.31 bits per heavy atom. The Morgan fingerprint density at radius 2 is 1.92 bits per heavy atom. The van der Waals surface area contributed by atoms with Crippen molar-refractivity contribution in [1.82, 2.24) is 0 Å². The van der Waals surface area contributed by atoms with Gasteiger partial charge >= 0.3 is 0 Å². The molecule has 2 heteroatoms. The van der Waals surface area contributed by atoms with Crippen molar-refractivity contribution >= 4 is 0 Å². The third-order valence-corrected chi connectivity index (χ3v) is 2.59. The number of hydrogen-bond donors (Lipinski definition) is 2. The largest absolute Gasteiger partial charge is 0.387 e. The molecule has 0 amide bonds. The lowest BCUT2D eigenvalue weighted by Gasteiger charge is -2.08. The molecule has 0 saturated heterocycles. The van der Waals surface area contributed by atoms with Gasteiger partial charge in [0.1, 0.15) is 0 Å². The molecule has 1 fully saturated rings. The minimum Gasteiger partial charge on any atom is -0.387 e. The fraction of sp³-hybridized carbons (Fsp3) is 0.455.